The average molecular weight is 273 g/mol. The molecule has 2 rings (SSSR count). The second kappa shape index (κ2) is 6.92. The van der Waals surface area contributed by atoms with Gasteiger partial charge in [0, 0.05) is 18.5 Å². The minimum Gasteiger partial charge on any atom is -0.337 e. The summed E-state index contributed by atoms with van der Waals surface area (Å²) in [6, 6.07) is 9.48. The summed E-state index contributed by atoms with van der Waals surface area (Å²) < 4.78 is 0. The number of benzene rings is 1. The Hall–Kier alpha value is -1.31. The Morgan fingerprint density at radius 2 is 1.75 bits per heavy atom. The Morgan fingerprint density at radius 1 is 1.15 bits per heavy atom. The predicted octanol–water partition coefficient (Wildman–Crippen LogP) is 4.11. The van der Waals surface area contributed by atoms with Crippen molar-refractivity contribution in [2.24, 2.45) is 0 Å². The van der Waals surface area contributed by atoms with Gasteiger partial charge in [0.15, 0.2) is 0 Å². The van der Waals surface area contributed by atoms with Crippen molar-refractivity contribution in [3.8, 4) is 0 Å². The van der Waals surface area contributed by atoms with Crippen LogP contribution < -0.4 is 0 Å². The average Bonchev–Trinajstić information content (AvgIpc) is 2.41. The van der Waals surface area contributed by atoms with Gasteiger partial charge in [-0.2, -0.15) is 0 Å². The Morgan fingerprint density at radius 3 is 2.35 bits per heavy atom. The molecule has 1 heterocycles. The molecule has 1 aromatic rings. The number of amides is 1. The van der Waals surface area contributed by atoms with Crippen LogP contribution in [0.1, 0.15) is 57.1 Å². The van der Waals surface area contributed by atoms with Gasteiger partial charge in [0.1, 0.15) is 0 Å². The molecule has 1 saturated heterocycles. The normalized spacial score (nSPS) is 22.9. The molecule has 0 spiro atoms. The van der Waals surface area contributed by atoms with Crippen molar-refractivity contribution in [1.29, 1.82) is 0 Å². The molecule has 0 aromatic heterocycles. The summed E-state index contributed by atoms with van der Waals surface area (Å²) in [5.74, 6) is 0.344. The number of hydrogen-bond donors (Lipinski definition) is 0. The van der Waals surface area contributed by atoms with Crippen molar-refractivity contribution in [1.82, 2.24) is 4.90 Å². The third kappa shape index (κ3) is 3.84. The predicted molar refractivity (Wildman–Crippen MR) is 83.7 cm³/mol. The van der Waals surface area contributed by atoms with Gasteiger partial charge in [0.2, 0.25) is 5.91 Å². The van der Waals surface area contributed by atoms with Crippen LogP contribution >= 0.6 is 0 Å². The molecular weight excluding hydrogens is 246 g/mol. The van der Waals surface area contributed by atoms with E-state index in [0.717, 1.165) is 25.7 Å². The number of rotatable bonds is 4. The lowest BCUT2D eigenvalue weighted by Crippen LogP contribution is -2.47. The first-order valence-electron chi connectivity index (χ1n) is 7.94. The molecular formula is C18H27NO. The summed E-state index contributed by atoms with van der Waals surface area (Å²) in [6.45, 7) is 6.48. The fourth-order valence-corrected chi connectivity index (χ4v) is 3.24. The Labute approximate surface area is 123 Å². The Kier molecular flexibility index (Phi) is 5.22. The van der Waals surface area contributed by atoms with E-state index in [2.05, 4.69) is 49.9 Å². The minimum absolute atomic E-state index is 0.344. The van der Waals surface area contributed by atoms with Gasteiger partial charge in [-0.25, -0.2) is 0 Å². The van der Waals surface area contributed by atoms with Crippen molar-refractivity contribution < 1.29 is 4.79 Å². The molecule has 0 saturated carbocycles. The molecule has 1 amide bonds. The van der Waals surface area contributed by atoms with E-state index in [4.69, 9.17) is 0 Å². The van der Waals surface area contributed by atoms with Crippen molar-refractivity contribution >= 4 is 5.91 Å². The lowest BCUT2D eigenvalue weighted by Gasteiger charge is -2.39. The van der Waals surface area contributed by atoms with Crippen LogP contribution in [0.5, 0.6) is 0 Å². The molecule has 0 N–H and O–H groups in total. The van der Waals surface area contributed by atoms with Crippen LogP contribution in [-0.2, 0) is 11.2 Å². The summed E-state index contributed by atoms with van der Waals surface area (Å²) in [6.07, 6.45) is 6.22. The van der Waals surface area contributed by atoms with E-state index in [1.165, 1.54) is 17.5 Å². The number of piperidine rings is 1. The number of nitrogens with zero attached hydrogens (tertiary/aromatic N) is 1. The van der Waals surface area contributed by atoms with Crippen molar-refractivity contribution in [2.45, 2.75) is 71.4 Å². The van der Waals surface area contributed by atoms with Gasteiger partial charge in [-0.3, -0.25) is 4.79 Å². The summed E-state index contributed by atoms with van der Waals surface area (Å²) >= 11 is 0. The quantitative estimate of drug-likeness (QED) is 0.808. The zero-order chi connectivity index (χ0) is 14.5. The van der Waals surface area contributed by atoms with Crippen LogP contribution in [0.25, 0.3) is 0 Å². The molecule has 1 aromatic carbocycles. The highest BCUT2D eigenvalue weighted by molar-refractivity contribution is 5.77. The highest BCUT2D eigenvalue weighted by atomic mass is 16.2. The summed E-state index contributed by atoms with van der Waals surface area (Å²) in [5, 5.41) is 0. The first-order valence-corrected chi connectivity index (χ1v) is 7.94. The fraction of sp³-hybridized carbons (Fsp3) is 0.611. The summed E-state index contributed by atoms with van der Waals surface area (Å²) in [5.41, 5.74) is 2.63. The van der Waals surface area contributed by atoms with Gasteiger partial charge in [-0.1, -0.05) is 29.8 Å². The molecule has 2 atom stereocenters. The van der Waals surface area contributed by atoms with Crippen molar-refractivity contribution in [3.63, 3.8) is 0 Å². The van der Waals surface area contributed by atoms with Gasteiger partial charge in [0.05, 0.1) is 0 Å². The number of carbonyl (C=O) groups is 1. The molecule has 1 aliphatic rings. The summed E-state index contributed by atoms with van der Waals surface area (Å²) in [7, 11) is 0. The standard InChI is InChI=1S/C18H27NO/c1-14-10-12-17(13-11-14)8-5-9-18(20)19-15(2)6-4-7-16(19)3/h10-13,15-16H,4-9H2,1-3H3. The molecule has 110 valence electrons. The minimum atomic E-state index is 0.344. The molecule has 1 aliphatic heterocycles. The van der Waals surface area contributed by atoms with E-state index in [1.54, 1.807) is 0 Å². The molecule has 2 heteroatoms. The van der Waals surface area contributed by atoms with E-state index in [1.807, 2.05) is 0 Å². The van der Waals surface area contributed by atoms with Gasteiger partial charge in [0.25, 0.3) is 0 Å². The molecule has 0 aliphatic carbocycles. The van der Waals surface area contributed by atoms with Crippen LogP contribution in [-0.4, -0.2) is 22.9 Å². The highest BCUT2D eigenvalue weighted by Gasteiger charge is 2.28. The zero-order valence-electron chi connectivity index (χ0n) is 13.1. The number of aryl methyl sites for hydroxylation is 2. The third-order valence-corrected chi connectivity index (χ3v) is 4.46. The summed E-state index contributed by atoms with van der Waals surface area (Å²) in [4.78, 5) is 14.5. The van der Waals surface area contributed by atoms with E-state index >= 15 is 0 Å². The molecule has 1 fully saturated rings. The lowest BCUT2D eigenvalue weighted by atomic mass is 9.96. The van der Waals surface area contributed by atoms with Gasteiger partial charge in [-0.15, -0.1) is 0 Å². The van der Waals surface area contributed by atoms with Gasteiger partial charge in [-0.05, 0) is 58.4 Å². The van der Waals surface area contributed by atoms with Crippen LogP contribution in [0, 0.1) is 6.92 Å². The monoisotopic (exact) mass is 273 g/mol. The molecule has 20 heavy (non-hydrogen) atoms. The van der Waals surface area contributed by atoms with Gasteiger partial charge >= 0.3 is 0 Å². The van der Waals surface area contributed by atoms with Crippen LogP contribution in [0.4, 0.5) is 0 Å². The highest BCUT2D eigenvalue weighted by Crippen LogP contribution is 2.23. The molecule has 0 radical (unpaired) electrons. The Bertz CT molecular complexity index is 427. The second-order valence-electron chi connectivity index (χ2n) is 6.27. The smallest absolute Gasteiger partial charge is 0.223 e. The van der Waals surface area contributed by atoms with E-state index in [-0.39, 0.29) is 0 Å². The topological polar surface area (TPSA) is 20.3 Å². The Balaban J connectivity index is 1.81. The first-order chi connectivity index (χ1) is 9.58. The maximum Gasteiger partial charge on any atom is 0.223 e. The van der Waals surface area contributed by atoms with Crippen LogP contribution in [0.15, 0.2) is 24.3 Å². The molecule has 2 nitrogen and oxygen atoms in total. The van der Waals surface area contributed by atoms with E-state index < -0.39 is 0 Å². The van der Waals surface area contributed by atoms with Crippen molar-refractivity contribution in [3.05, 3.63) is 35.4 Å². The largest absolute Gasteiger partial charge is 0.337 e. The van der Waals surface area contributed by atoms with Crippen LogP contribution in [0.3, 0.4) is 0 Å². The second-order valence-corrected chi connectivity index (χ2v) is 6.27. The van der Waals surface area contributed by atoms with Crippen molar-refractivity contribution in [2.75, 3.05) is 0 Å². The maximum absolute atomic E-state index is 12.4. The lowest BCUT2D eigenvalue weighted by molar-refractivity contribution is -0.137. The number of hydrogen-bond acceptors (Lipinski definition) is 1. The first kappa shape index (κ1) is 15.1. The van der Waals surface area contributed by atoms with Gasteiger partial charge < -0.3 is 4.90 Å². The number of likely N-dealkylation sites (tertiary alicyclic amines) is 1. The third-order valence-electron chi connectivity index (χ3n) is 4.46. The zero-order valence-corrected chi connectivity index (χ0v) is 13.1. The SMILES string of the molecule is Cc1ccc(CCCC(=O)N2C(C)CCCC2C)cc1. The molecule has 2 unspecified atom stereocenters. The maximum atomic E-state index is 12.4. The van der Waals surface area contributed by atoms with E-state index in [0.29, 0.717) is 24.4 Å². The number of carbonyl (C=O) groups excluding carboxylic acids is 1. The van der Waals surface area contributed by atoms with E-state index in [9.17, 15) is 4.79 Å². The van der Waals surface area contributed by atoms with Crippen LogP contribution in [0.2, 0.25) is 0 Å². The fourth-order valence-electron chi connectivity index (χ4n) is 3.24. The molecule has 0 bridgehead atoms.